The van der Waals surface area contributed by atoms with E-state index in [2.05, 4.69) is 40.1 Å². The highest BCUT2D eigenvalue weighted by atomic mass is 16.6. The number of aryl methyl sites for hydroxylation is 1. The Bertz CT molecular complexity index is 1360. The number of carbonyl (C=O) groups excluding carboxylic acids is 1. The fraction of sp³-hybridized carbons (Fsp3) is 0.429. The van der Waals surface area contributed by atoms with Crippen LogP contribution in [0.4, 0.5) is 0 Å². The van der Waals surface area contributed by atoms with Crippen molar-refractivity contribution >= 4 is 16.9 Å². The molecule has 0 spiro atoms. The number of nitrogens with zero attached hydrogens (tertiary/aromatic N) is 5. The lowest BCUT2D eigenvalue weighted by molar-refractivity contribution is -0.156. The number of hydrogen-bond acceptors (Lipinski definition) is 7. The molecule has 0 saturated carbocycles. The predicted molar refractivity (Wildman–Crippen MR) is 140 cm³/mol. The van der Waals surface area contributed by atoms with Gasteiger partial charge in [-0.25, -0.2) is 0 Å². The van der Waals surface area contributed by atoms with Crippen LogP contribution < -0.4 is 0 Å². The standard InChI is InChI=1S/C28H35N5O3/c1-8-32(17-25(34)35-28(5,6)7)16-20-9-11-23(19(4)13-20)26-30-27(36-31-26)21-10-12-24-22(14-21)15-29-33(24)18(2)3/h9-15,18H,8,16-17H2,1-7H3. The van der Waals surface area contributed by atoms with Crippen LogP contribution in [0, 0.1) is 6.92 Å². The fourth-order valence-corrected chi connectivity index (χ4v) is 4.22. The van der Waals surface area contributed by atoms with E-state index in [-0.39, 0.29) is 18.6 Å². The number of ether oxygens (including phenoxy) is 1. The lowest BCUT2D eigenvalue weighted by Crippen LogP contribution is -2.34. The molecule has 8 nitrogen and oxygen atoms in total. The van der Waals surface area contributed by atoms with Gasteiger partial charge in [0.1, 0.15) is 5.60 Å². The van der Waals surface area contributed by atoms with Gasteiger partial charge in [0.25, 0.3) is 5.89 Å². The van der Waals surface area contributed by atoms with Crippen LogP contribution in [0.25, 0.3) is 33.7 Å². The van der Waals surface area contributed by atoms with E-state index in [0.29, 0.717) is 18.3 Å². The second-order valence-electron chi connectivity index (χ2n) is 10.4. The monoisotopic (exact) mass is 489 g/mol. The van der Waals surface area contributed by atoms with Gasteiger partial charge in [-0.1, -0.05) is 30.3 Å². The minimum Gasteiger partial charge on any atom is -0.459 e. The van der Waals surface area contributed by atoms with Gasteiger partial charge in [0.05, 0.1) is 18.3 Å². The summed E-state index contributed by atoms with van der Waals surface area (Å²) in [6.45, 7) is 15.6. The average molecular weight is 490 g/mol. The first-order valence-electron chi connectivity index (χ1n) is 12.4. The molecule has 0 amide bonds. The largest absolute Gasteiger partial charge is 0.459 e. The zero-order valence-corrected chi connectivity index (χ0v) is 22.2. The van der Waals surface area contributed by atoms with Gasteiger partial charge in [-0.3, -0.25) is 14.4 Å². The number of benzene rings is 2. The summed E-state index contributed by atoms with van der Waals surface area (Å²) in [6.07, 6.45) is 1.86. The van der Waals surface area contributed by atoms with E-state index < -0.39 is 5.60 Å². The van der Waals surface area contributed by atoms with Crippen LogP contribution in [-0.2, 0) is 16.1 Å². The lowest BCUT2D eigenvalue weighted by Gasteiger charge is -2.24. The molecule has 0 radical (unpaired) electrons. The molecule has 8 heteroatoms. The van der Waals surface area contributed by atoms with Crippen molar-refractivity contribution in [1.82, 2.24) is 24.8 Å². The molecule has 0 aliphatic heterocycles. The topological polar surface area (TPSA) is 86.3 Å². The first-order chi connectivity index (χ1) is 17.0. The van der Waals surface area contributed by atoms with Crippen LogP contribution in [0.5, 0.6) is 0 Å². The maximum atomic E-state index is 12.3. The second-order valence-corrected chi connectivity index (χ2v) is 10.4. The summed E-state index contributed by atoms with van der Waals surface area (Å²) in [4.78, 5) is 19.0. The summed E-state index contributed by atoms with van der Waals surface area (Å²) in [5.41, 5.74) is 4.52. The number of fused-ring (bicyclic) bond motifs is 1. The summed E-state index contributed by atoms with van der Waals surface area (Å²) in [5, 5.41) is 9.76. The Morgan fingerprint density at radius 3 is 2.61 bits per heavy atom. The van der Waals surface area contributed by atoms with Crippen LogP contribution >= 0.6 is 0 Å². The average Bonchev–Trinajstić information content (AvgIpc) is 3.44. The molecular formula is C28H35N5O3. The number of aromatic nitrogens is 4. The SMILES string of the molecule is CCN(CC(=O)OC(C)(C)C)Cc1ccc(-c2noc(-c3ccc4c(cnn4C(C)C)c3)n2)c(C)c1. The third-order valence-electron chi connectivity index (χ3n) is 5.92. The van der Waals surface area contributed by atoms with Crippen LogP contribution in [0.2, 0.25) is 0 Å². The maximum Gasteiger partial charge on any atom is 0.320 e. The molecule has 4 rings (SSSR count). The Balaban J connectivity index is 1.49. The molecule has 0 bridgehead atoms. The molecule has 2 aromatic heterocycles. The van der Waals surface area contributed by atoms with Crippen LogP contribution in [0.1, 0.15) is 58.7 Å². The minimum atomic E-state index is -0.486. The van der Waals surface area contributed by atoms with Gasteiger partial charge in [-0.15, -0.1) is 0 Å². The molecule has 0 unspecified atom stereocenters. The Morgan fingerprint density at radius 1 is 1.17 bits per heavy atom. The summed E-state index contributed by atoms with van der Waals surface area (Å²) in [5.74, 6) is 0.807. The van der Waals surface area contributed by atoms with Gasteiger partial charge < -0.3 is 9.26 Å². The van der Waals surface area contributed by atoms with Gasteiger partial charge in [0.15, 0.2) is 0 Å². The summed E-state index contributed by atoms with van der Waals surface area (Å²) >= 11 is 0. The van der Waals surface area contributed by atoms with Crippen LogP contribution in [0.3, 0.4) is 0 Å². The third-order valence-corrected chi connectivity index (χ3v) is 5.92. The highest BCUT2D eigenvalue weighted by Crippen LogP contribution is 2.28. The van der Waals surface area contributed by atoms with Crippen molar-refractivity contribution in [2.75, 3.05) is 13.1 Å². The molecule has 0 atom stereocenters. The fourth-order valence-electron chi connectivity index (χ4n) is 4.22. The van der Waals surface area contributed by atoms with Gasteiger partial charge in [-0.05, 0) is 77.4 Å². The summed E-state index contributed by atoms with van der Waals surface area (Å²) in [7, 11) is 0. The number of rotatable bonds is 8. The molecule has 0 aliphatic carbocycles. The molecular weight excluding hydrogens is 454 g/mol. The van der Waals surface area contributed by atoms with Crippen molar-refractivity contribution in [1.29, 1.82) is 0 Å². The number of likely N-dealkylation sites (N-methyl/N-ethyl adjacent to an activating group) is 1. The normalized spacial score (nSPS) is 12.1. The first-order valence-corrected chi connectivity index (χ1v) is 12.4. The second kappa shape index (κ2) is 10.2. The van der Waals surface area contributed by atoms with E-state index in [1.807, 2.05) is 75.8 Å². The molecule has 36 heavy (non-hydrogen) atoms. The quantitative estimate of drug-likeness (QED) is 0.289. The summed E-state index contributed by atoms with van der Waals surface area (Å²) in [6, 6.07) is 12.5. The highest BCUT2D eigenvalue weighted by Gasteiger charge is 2.19. The number of esters is 1. The minimum absolute atomic E-state index is 0.216. The molecule has 4 aromatic rings. The number of carbonyl (C=O) groups is 1. The zero-order valence-electron chi connectivity index (χ0n) is 22.2. The van der Waals surface area contributed by atoms with Crippen molar-refractivity contribution in [2.45, 2.75) is 66.7 Å². The summed E-state index contributed by atoms with van der Waals surface area (Å²) < 4.78 is 13.1. The third kappa shape index (κ3) is 5.82. The van der Waals surface area contributed by atoms with E-state index >= 15 is 0 Å². The maximum absolute atomic E-state index is 12.3. The molecule has 2 heterocycles. The van der Waals surface area contributed by atoms with Crippen molar-refractivity contribution in [2.24, 2.45) is 0 Å². The molecule has 0 N–H and O–H groups in total. The molecule has 0 fully saturated rings. The lowest BCUT2D eigenvalue weighted by atomic mass is 10.0. The van der Waals surface area contributed by atoms with Gasteiger partial charge in [-0.2, -0.15) is 10.1 Å². The Morgan fingerprint density at radius 2 is 1.94 bits per heavy atom. The van der Waals surface area contributed by atoms with E-state index in [0.717, 1.165) is 39.7 Å². The zero-order chi connectivity index (χ0) is 26.0. The van der Waals surface area contributed by atoms with E-state index in [9.17, 15) is 4.79 Å². The van der Waals surface area contributed by atoms with Crippen molar-refractivity contribution < 1.29 is 14.1 Å². The van der Waals surface area contributed by atoms with Crippen LogP contribution in [0.15, 0.2) is 47.1 Å². The van der Waals surface area contributed by atoms with E-state index in [1.165, 1.54) is 0 Å². The molecule has 190 valence electrons. The first kappa shape index (κ1) is 25.6. The molecule has 0 saturated heterocycles. The Kier molecular flexibility index (Phi) is 7.26. The Labute approximate surface area is 212 Å². The van der Waals surface area contributed by atoms with Crippen molar-refractivity contribution in [3.8, 4) is 22.8 Å². The van der Waals surface area contributed by atoms with E-state index in [1.54, 1.807) is 0 Å². The Hall–Kier alpha value is -3.52. The molecule has 2 aromatic carbocycles. The molecule has 0 aliphatic rings. The van der Waals surface area contributed by atoms with Crippen LogP contribution in [-0.4, -0.2) is 49.5 Å². The van der Waals surface area contributed by atoms with Crippen molar-refractivity contribution in [3.63, 3.8) is 0 Å². The van der Waals surface area contributed by atoms with Gasteiger partial charge in [0, 0.05) is 29.1 Å². The van der Waals surface area contributed by atoms with Gasteiger partial charge in [0.2, 0.25) is 5.82 Å². The van der Waals surface area contributed by atoms with Crippen molar-refractivity contribution in [3.05, 3.63) is 53.7 Å². The van der Waals surface area contributed by atoms with Gasteiger partial charge >= 0.3 is 5.97 Å². The predicted octanol–water partition coefficient (Wildman–Crippen LogP) is 5.81. The number of hydrogen-bond donors (Lipinski definition) is 0. The smallest absolute Gasteiger partial charge is 0.320 e. The highest BCUT2D eigenvalue weighted by molar-refractivity contribution is 5.83. The van der Waals surface area contributed by atoms with E-state index in [4.69, 9.17) is 9.26 Å².